The molecule has 2 heteroatoms. The zero-order valence-electron chi connectivity index (χ0n) is 22.1. The molecule has 2 aliphatic rings. The molecule has 178 valence electrons. The molecule has 2 aliphatic carbocycles. The van der Waals surface area contributed by atoms with Gasteiger partial charge in [-0.1, -0.05) is 78.9 Å². The van der Waals surface area contributed by atoms with Crippen LogP contribution in [-0.2, 0) is 0 Å². The third-order valence-corrected chi connectivity index (χ3v) is 9.06. The van der Waals surface area contributed by atoms with Gasteiger partial charge in [0.25, 0.3) is 0 Å². The lowest BCUT2D eigenvalue weighted by Crippen LogP contribution is -2.54. The van der Waals surface area contributed by atoms with Crippen molar-refractivity contribution < 1.29 is 5.11 Å². The SMILES string of the molecule is CCCC(C)(C)C1[C@@H](c2ccc(N(C)C)cc2)C[C@@]2(C)[C@@H](CC[C@@]2(O)C#CC(C)C)[C@@H]1C. The molecule has 2 nitrogen and oxygen atoms in total. The molecule has 32 heavy (non-hydrogen) atoms. The number of aliphatic hydroxyl groups is 1. The van der Waals surface area contributed by atoms with Gasteiger partial charge < -0.3 is 10.0 Å². The number of hydrogen-bond acceptors (Lipinski definition) is 2. The van der Waals surface area contributed by atoms with Crippen molar-refractivity contribution in [3.63, 3.8) is 0 Å². The minimum atomic E-state index is -0.877. The number of fused-ring (bicyclic) bond motifs is 1. The number of nitrogens with zero attached hydrogens (tertiary/aromatic N) is 1. The van der Waals surface area contributed by atoms with Crippen LogP contribution in [0, 0.1) is 46.3 Å². The second kappa shape index (κ2) is 9.06. The summed E-state index contributed by atoms with van der Waals surface area (Å²) >= 11 is 0. The van der Waals surface area contributed by atoms with Crippen LogP contribution in [-0.4, -0.2) is 24.8 Å². The third kappa shape index (κ3) is 4.35. The summed E-state index contributed by atoms with van der Waals surface area (Å²) in [5.74, 6) is 9.13. The van der Waals surface area contributed by atoms with Crippen molar-refractivity contribution in [1.82, 2.24) is 0 Å². The Hall–Kier alpha value is -1.46. The van der Waals surface area contributed by atoms with Crippen LogP contribution in [0.15, 0.2) is 24.3 Å². The first-order chi connectivity index (χ1) is 14.9. The molecule has 1 unspecified atom stereocenters. The number of rotatable bonds is 5. The van der Waals surface area contributed by atoms with E-state index in [1.165, 1.54) is 24.1 Å². The average molecular weight is 438 g/mol. The molecule has 0 aliphatic heterocycles. The van der Waals surface area contributed by atoms with Crippen LogP contribution in [0.4, 0.5) is 5.69 Å². The van der Waals surface area contributed by atoms with Crippen LogP contribution in [0.1, 0.15) is 92.1 Å². The molecule has 0 radical (unpaired) electrons. The molecule has 1 aromatic rings. The van der Waals surface area contributed by atoms with E-state index in [-0.39, 0.29) is 16.7 Å². The topological polar surface area (TPSA) is 23.5 Å². The Morgan fingerprint density at radius 2 is 1.81 bits per heavy atom. The van der Waals surface area contributed by atoms with Crippen molar-refractivity contribution in [1.29, 1.82) is 0 Å². The molecule has 3 rings (SSSR count). The second-order valence-electron chi connectivity index (χ2n) is 12.3. The van der Waals surface area contributed by atoms with Gasteiger partial charge in [-0.25, -0.2) is 0 Å². The van der Waals surface area contributed by atoms with Crippen LogP contribution >= 0.6 is 0 Å². The van der Waals surface area contributed by atoms with E-state index in [9.17, 15) is 5.11 Å². The van der Waals surface area contributed by atoms with Crippen molar-refractivity contribution >= 4 is 5.69 Å². The summed E-state index contributed by atoms with van der Waals surface area (Å²) in [5.41, 5.74) is 1.90. The first-order valence-electron chi connectivity index (χ1n) is 12.9. The Bertz CT molecular complexity index is 842. The summed E-state index contributed by atoms with van der Waals surface area (Å²) < 4.78 is 0. The lowest BCUT2D eigenvalue weighted by molar-refractivity contribution is -0.0985. The quantitative estimate of drug-likeness (QED) is 0.495. The van der Waals surface area contributed by atoms with Crippen molar-refractivity contribution in [3.8, 4) is 11.8 Å². The molecule has 0 saturated heterocycles. The van der Waals surface area contributed by atoms with E-state index >= 15 is 0 Å². The maximum Gasteiger partial charge on any atom is 0.131 e. The highest BCUT2D eigenvalue weighted by atomic mass is 16.3. The molecule has 0 bridgehead atoms. The third-order valence-electron chi connectivity index (χ3n) is 9.06. The van der Waals surface area contributed by atoms with E-state index in [0.29, 0.717) is 23.7 Å². The predicted octanol–water partition coefficient (Wildman–Crippen LogP) is 7.13. The van der Waals surface area contributed by atoms with Gasteiger partial charge in [0.05, 0.1) is 0 Å². The first-order valence-corrected chi connectivity index (χ1v) is 12.9. The van der Waals surface area contributed by atoms with Gasteiger partial charge in [-0.15, -0.1) is 0 Å². The van der Waals surface area contributed by atoms with Crippen LogP contribution in [0.2, 0.25) is 0 Å². The fourth-order valence-electron chi connectivity index (χ4n) is 7.52. The number of hydrogen-bond donors (Lipinski definition) is 1. The largest absolute Gasteiger partial charge is 0.378 e. The zero-order valence-corrected chi connectivity index (χ0v) is 22.1. The molecule has 1 aromatic carbocycles. The molecule has 6 atom stereocenters. The van der Waals surface area contributed by atoms with Crippen molar-refractivity contribution in [2.75, 3.05) is 19.0 Å². The number of benzene rings is 1. The molecular formula is C30H47NO. The standard InChI is InChI=1S/C30H47NO/c1-10-17-28(5,6)27-22(4)26-16-19-30(32,18-15-21(2)3)29(26,7)20-25(27)23-11-13-24(14-12-23)31(8)9/h11-14,21-22,25-27,32H,10,16-17,19-20H2,1-9H3/t22-,25+,26-,27?,29-,30-/m0/s1. The average Bonchev–Trinajstić information content (AvgIpc) is 2.97. The molecule has 0 spiro atoms. The summed E-state index contributed by atoms with van der Waals surface area (Å²) in [6, 6.07) is 9.22. The van der Waals surface area contributed by atoms with E-state index in [2.05, 4.69) is 104 Å². The van der Waals surface area contributed by atoms with Gasteiger partial charge in [0.2, 0.25) is 0 Å². The maximum absolute atomic E-state index is 11.9. The van der Waals surface area contributed by atoms with Crippen LogP contribution in [0.5, 0.6) is 0 Å². The summed E-state index contributed by atoms with van der Waals surface area (Å²) in [5, 5.41) is 11.9. The van der Waals surface area contributed by atoms with Gasteiger partial charge in [0.1, 0.15) is 5.60 Å². The van der Waals surface area contributed by atoms with E-state index in [0.717, 1.165) is 19.3 Å². The molecule has 2 fully saturated rings. The Labute approximate surface area is 198 Å². The lowest BCUT2D eigenvalue weighted by Gasteiger charge is -2.57. The monoisotopic (exact) mass is 437 g/mol. The summed E-state index contributed by atoms with van der Waals surface area (Å²) in [7, 11) is 4.20. The summed E-state index contributed by atoms with van der Waals surface area (Å²) in [6.07, 6.45) is 5.38. The lowest BCUT2D eigenvalue weighted by atomic mass is 9.48. The Morgan fingerprint density at radius 3 is 2.34 bits per heavy atom. The zero-order chi connectivity index (χ0) is 23.9. The molecule has 0 heterocycles. The highest BCUT2D eigenvalue weighted by Crippen LogP contribution is 2.66. The highest BCUT2D eigenvalue weighted by molar-refractivity contribution is 5.47. The minimum Gasteiger partial charge on any atom is -0.378 e. The van der Waals surface area contributed by atoms with Crippen LogP contribution in [0.25, 0.3) is 0 Å². The Morgan fingerprint density at radius 1 is 1.19 bits per heavy atom. The van der Waals surface area contributed by atoms with Crippen molar-refractivity contribution in [2.24, 2.45) is 34.5 Å². The van der Waals surface area contributed by atoms with E-state index in [4.69, 9.17) is 0 Å². The molecule has 0 amide bonds. The van der Waals surface area contributed by atoms with Gasteiger partial charge in [-0.2, -0.15) is 0 Å². The van der Waals surface area contributed by atoms with E-state index < -0.39 is 5.60 Å². The second-order valence-corrected chi connectivity index (χ2v) is 12.3. The van der Waals surface area contributed by atoms with Crippen LogP contribution in [0.3, 0.4) is 0 Å². The summed E-state index contributed by atoms with van der Waals surface area (Å²) in [4.78, 5) is 2.17. The van der Waals surface area contributed by atoms with E-state index in [1.54, 1.807) is 0 Å². The van der Waals surface area contributed by atoms with Crippen LogP contribution < -0.4 is 4.90 Å². The van der Waals surface area contributed by atoms with Gasteiger partial charge in [-0.3, -0.25) is 0 Å². The fourth-order valence-corrected chi connectivity index (χ4v) is 7.52. The Kier molecular flexibility index (Phi) is 7.12. The van der Waals surface area contributed by atoms with Crippen molar-refractivity contribution in [3.05, 3.63) is 29.8 Å². The number of anilines is 1. The van der Waals surface area contributed by atoms with Gasteiger partial charge in [0, 0.05) is 31.1 Å². The smallest absolute Gasteiger partial charge is 0.131 e. The summed E-state index contributed by atoms with van der Waals surface area (Å²) in [6.45, 7) is 16.4. The van der Waals surface area contributed by atoms with Gasteiger partial charge >= 0.3 is 0 Å². The fraction of sp³-hybridized carbons (Fsp3) is 0.733. The predicted molar refractivity (Wildman–Crippen MR) is 138 cm³/mol. The van der Waals surface area contributed by atoms with E-state index in [1.807, 2.05) is 0 Å². The maximum atomic E-state index is 11.9. The first kappa shape index (κ1) is 25.2. The van der Waals surface area contributed by atoms with Crippen molar-refractivity contribution in [2.45, 2.75) is 92.1 Å². The van der Waals surface area contributed by atoms with Gasteiger partial charge in [-0.05, 0) is 72.5 Å². The Balaban J connectivity index is 2.09. The normalized spacial score (nSPS) is 34.7. The molecule has 1 N–H and O–H groups in total. The molecular weight excluding hydrogens is 390 g/mol. The molecule has 0 aromatic heterocycles. The van der Waals surface area contributed by atoms with Gasteiger partial charge in [0.15, 0.2) is 0 Å². The minimum absolute atomic E-state index is 0.169. The molecule has 2 saturated carbocycles. The highest BCUT2D eigenvalue weighted by Gasteiger charge is 2.63.